The van der Waals surface area contributed by atoms with E-state index in [1.54, 1.807) is 7.11 Å². The molecule has 2 aliphatic heterocycles. The Morgan fingerprint density at radius 1 is 1.05 bits per heavy atom. The number of allylic oxidation sites excluding steroid dienone is 1. The van der Waals surface area contributed by atoms with Gasteiger partial charge in [-0.3, -0.25) is 0 Å². The van der Waals surface area contributed by atoms with Gasteiger partial charge in [0.05, 0.1) is 49.3 Å². The van der Waals surface area contributed by atoms with Gasteiger partial charge < -0.3 is 27.8 Å². The summed E-state index contributed by atoms with van der Waals surface area (Å²) in [4.78, 5) is 0. The van der Waals surface area contributed by atoms with Crippen LogP contribution in [0, 0.1) is 0 Å². The van der Waals surface area contributed by atoms with Crippen LogP contribution in [0.2, 0.25) is 37.8 Å². The number of benzene rings is 1. The van der Waals surface area contributed by atoms with Crippen molar-refractivity contribution in [3.05, 3.63) is 42.5 Å². The fourth-order valence-corrected chi connectivity index (χ4v) is 9.24. The lowest BCUT2D eigenvalue weighted by Gasteiger charge is -2.59. The van der Waals surface area contributed by atoms with Gasteiger partial charge in [0.15, 0.2) is 16.6 Å². The Morgan fingerprint density at radius 2 is 1.71 bits per heavy atom. The van der Waals surface area contributed by atoms with Gasteiger partial charge in [-0.25, -0.2) is 0 Å². The SMILES string of the molecule is C=CCC[C@H]1O[C@@]2(C)C[C@@](C)(O[Si](C)(C)C)[C@H](CCCOCc3ccc(OC)cc3)O[C@@H]2C[C@@H]1O[Si](C)(C)C(C)(C)C. The van der Waals surface area contributed by atoms with Crippen LogP contribution in [-0.4, -0.2) is 66.0 Å². The number of rotatable bonds is 14. The second-order valence-electron chi connectivity index (χ2n) is 15.3. The van der Waals surface area contributed by atoms with Gasteiger partial charge in [-0.2, -0.15) is 0 Å². The average molecular weight is 621 g/mol. The van der Waals surface area contributed by atoms with Crippen LogP contribution >= 0.6 is 0 Å². The standard InChI is InChI=1S/C34H60O6Si2/c1-13-14-16-28-29(39-42(11,12)32(2,3)4)23-31-33(5,38-28)25-34(6,40-41(8,9)10)30(37-31)17-15-22-36-24-26-18-20-27(35-7)21-19-26/h13,18-21,28-31H,1,14-17,22-25H2,2-12H3/t28-,29+,30+,31-,33+,34-/m1/s1. The van der Waals surface area contributed by atoms with Gasteiger partial charge in [0.25, 0.3) is 0 Å². The molecule has 2 fully saturated rings. The molecule has 1 aromatic carbocycles. The molecule has 0 spiro atoms. The monoisotopic (exact) mass is 620 g/mol. The maximum absolute atomic E-state index is 7.05. The summed E-state index contributed by atoms with van der Waals surface area (Å²) >= 11 is 0. The smallest absolute Gasteiger partial charge is 0.192 e. The molecule has 0 aliphatic carbocycles. The molecule has 6 nitrogen and oxygen atoms in total. The molecule has 0 saturated carbocycles. The van der Waals surface area contributed by atoms with Gasteiger partial charge in [-0.15, -0.1) is 6.58 Å². The topological polar surface area (TPSA) is 55.4 Å². The molecule has 6 atom stereocenters. The number of hydrogen-bond acceptors (Lipinski definition) is 6. The van der Waals surface area contributed by atoms with Crippen LogP contribution in [-0.2, 0) is 29.7 Å². The maximum Gasteiger partial charge on any atom is 0.192 e. The lowest BCUT2D eigenvalue weighted by atomic mass is 9.74. The van der Waals surface area contributed by atoms with Crippen molar-refractivity contribution in [2.45, 2.75) is 153 Å². The molecule has 42 heavy (non-hydrogen) atoms. The molecule has 0 amide bonds. The Morgan fingerprint density at radius 3 is 2.29 bits per heavy atom. The molecule has 8 heteroatoms. The summed E-state index contributed by atoms with van der Waals surface area (Å²) in [5, 5.41) is 0.127. The highest BCUT2D eigenvalue weighted by Gasteiger charge is 2.58. The quantitative estimate of drug-likeness (QED) is 0.118. The first-order chi connectivity index (χ1) is 19.4. The summed E-state index contributed by atoms with van der Waals surface area (Å²) in [5.74, 6) is 0.859. The molecule has 0 aromatic heterocycles. The van der Waals surface area contributed by atoms with E-state index in [2.05, 4.69) is 86.1 Å². The third-order valence-corrected chi connectivity index (χ3v) is 14.9. The van der Waals surface area contributed by atoms with E-state index in [1.807, 2.05) is 18.2 Å². The maximum atomic E-state index is 7.05. The van der Waals surface area contributed by atoms with Crippen molar-refractivity contribution in [1.29, 1.82) is 0 Å². The largest absolute Gasteiger partial charge is 0.497 e. The molecule has 3 rings (SSSR count). The van der Waals surface area contributed by atoms with Crippen LogP contribution in [0.25, 0.3) is 0 Å². The van der Waals surface area contributed by atoms with Gasteiger partial charge in [0.1, 0.15) is 5.75 Å². The minimum absolute atomic E-state index is 0.0136. The fourth-order valence-electron chi connectivity index (χ4n) is 6.28. The number of hydrogen-bond donors (Lipinski definition) is 0. The minimum atomic E-state index is -2.00. The number of methoxy groups -OCH3 is 1. The highest BCUT2D eigenvalue weighted by molar-refractivity contribution is 6.74. The summed E-state index contributed by atoms with van der Waals surface area (Å²) in [5.41, 5.74) is 0.280. The Balaban J connectivity index is 1.74. The van der Waals surface area contributed by atoms with Gasteiger partial charge in [-0.05, 0) is 95.0 Å². The molecule has 240 valence electrons. The van der Waals surface area contributed by atoms with Gasteiger partial charge in [-0.1, -0.05) is 39.0 Å². The average Bonchev–Trinajstić information content (AvgIpc) is 2.86. The predicted molar refractivity (Wildman–Crippen MR) is 177 cm³/mol. The zero-order valence-electron chi connectivity index (χ0n) is 28.5. The van der Waals surface area contributed by atoms with Crippen molar-refractivity contribution in [1.82, 2.24) is 0 Å². The third-order valence-electron chi connectivity index (χ3n) is 9.30. The van der Waals surface area contributed by atoms with Crippen molar-refractivity contribution in [2.75, 3.05) is 13.7 Å². The lowest BCUT2D eigenvalue weighted by molar-refractivity contribution is -0.302. The van der Waals surface area contributed by atoms with E-state index in [0.717, 1.165) is 49.8 Å². The number of ether oxygens (including phenoxy) is 4. The van der Waals surface area contributed by atoms with Crippen LogP contribution in [0.3, 0.4) is 0 Å². The Hall–Kier alpha value is -1.01. The molecule has 2 saturated heterocycles. The molecule has 0 unspecified atom stereocenters. The zero-order chi connectivity index (χ0) is 31.4. The lowest BCUT2D eigenvalue weighted by Crippen LogP contribution is -2.68. The highest BCUT2D eigenvalue weighted by atomic mass is 28.4. The summed E-state index contributed by atoms with van der Waals surface area (Å²) in [6, 6.07) is 8.05. The third kappa shape index (κ3) is 9.25. The zero-order valence-corrected chi connectivity index (χ0v) is 30.5. The molecule has 0 N–H and O–H groups in total. The van der Waals surface area contributed by atoms with E-state index in [-0.39, 0.29) is 29.5 Å². The van der Waals surface area contributed by atoms with E-state index in [4.69, 9.17) is 27.8 Å². The summed E-state index contributed by atoms with van der Waals surface area (Å²) in [6.45, 7) is 28.1. The first-order valence-electron chi connectivity index (χ1n) is 15.9. The summed E-state index contributed by atoms with van der Waals surface area (Å²) in [7, 11) is -2.18. The van der Waals surface area contributed by atoms with E-state index in [0.29, 0.717) is 13.2 Å². The summed E-state index contributed by atoms with van der Waals surface area (Å²) in [6.07, 6.45) is 7.19. The summed E-state index contributed by atoms with van der Waals surface area (Å²) < 4.78 is 39.4. The fraction of sp³-hybridized carbons (Fsp3) is 0.765. The first-order valence-corrected chi connectivity index (χ1v) is 22.3. The van der Waals surface area contributed by atoms with Crippen molar-refractivity contribution < 1.29 is 27.8 Å². The molecule has 0 bridgehead atoms. The second-order valence-corrected chi connectivity index (χ2v) is 24.5. The normalized spacial score (nSPS) is 30.5. The van der Waals surface area contributed by atoms with Crippen molar-refractivity contribution in [2.24, 2.45) is 0 Å². The van der Waals surface area contributed by atoms with Crippen LogP contribution in [0.1, 0.15) is 78.7 Å². The van der Waals surface area contributed by atoms with E-state index < -0.39 is 27.8 Å². The van der Waals surface area contributed by atoms with Crippen LogP contribution in [0.4, 0.5) is 0 Å². The first kappa shape index (κ1) is 35.5. The van der Waals surface area contributed by atoms with Crippen LogP contribution in [0.15, 0.2) is 36.9 Å². The van der Waals surface area contributed by atoms with Crippen LogP contribution < -0.4 is 4.74 Å². The van der Waals surface area contributed by atoms with E-state index in [9.17, 15) is 0 Å². The molecule has 2 heterocycles. The highest BCUT2D eigenvalue weighted by Crippen LogP contribution is 2.49. The van der Waals surface area contributed by atoms with Gasteiger partial charge in [0, 0.05) is 19.4 Å². The number of fused-ring (bicyclic) bond motifs is 1. The Kier molecular flexibility index (Phi) is 11.8. The Bertz CT molecular complexity index is 1000. The Labute approximate surface area is 259 Å². The molecule has 1 aromatic rings. The molecule has 0 radical (unpaired) electrons. The van der Waals surface area contributed by atoms with E-state index >= 15 is 0 Å². The second kappa shape index (κ2) is 14.0. The van der Waals surface area contributed by atoms with Gasteiger partial charge >= 0.3 is 0 Å². The molecular formula is C34H60O6Si2. The van der Waals surface area contributed by atoms with Crippen molar-refractivity contribution >= 4 is 16.6 Å². The van der Waals surface area contributed by atoms with Crippen molar-refractivity contribution in [3.8, 4) is 5.75 Å². The van der Waals surface area contributed by atoms with Crippen LogP contribution in [0.5, 0.6) is 5.75 Å². The van der Waals surface area contributed by atoms with E-state index in [1.165, 1.54) is 0 Å². The minimum Gasteiger partial charge on any atom is -0.497 e. The predicted octanol–water partition coefficient (Wildman–Crippen LogP) is 8.66. The molecule has 2 aliphatic rings. The molecular weight excluding hydrogens is 561 g/mol. The van der Waals surface area contributed by atoms with Crippen molar-refractivity contribution in [3.63, 3.8) is 0 Å². The van der Waals surface area contributed by atoms with Gasteiger partial charge in [0.2, 0.25) is 0 Å².